The van der Waals surface area contributed by atoms with Crippen LogP contribution < -0.4 is 21.3 Å². The summed E-state index contributed by atoms with van der Waals surface area (Å²) >= 11 is 6.16. The van der Waals surface area contributed by atoms with E-state index in [4.69, 9.17) is 11.6 Å². The Kier molecular flexibility index (Phi) is 7.89. The van der Waals surface area contributed by atoms with E-state index in [1.54, 1.807) is 18.2 Å². The average Bonchev–Trinajstić information content (AvgIpc) is 2.59. The molecule has 1 aromatic carbocycles. The molecule has 0 unspecified atom stereocenters. The van der Waals surface area contributed by atoms with Crippen molar-refractivity contribution in [3.05, 3.63) is 28.8 Å². The molecule has 7 nitrogen and oxygen atoms in total. The second-order valence-corrected chi connectivity index (χ2v) is 8.13. The van der Waals surface area contributed by atoms with Crippen LogP contribution in [0.15, 0.2) is 18.2 Å². The molecule has 8 heteroatoms. The number of nitrogens with zero attached hydrogens (tertiary/aromatic N) is 1. The molecule has 1 aromatic rings. The van der Waals surface area contributed by atoms with Crippen LogP contribution in [0.4, 0.5) is 10.5 Å². The van der Waals surface area contributed by atoms with Crippen molar-refractivity contribution in [1.82, 2.24) is 20.9 Å². The van der Waals surface area contributed by atoms with Crippen molar-refractivity contribution in [2.24, 2.45) is 0 Å². The number of nitrogens with one attached hydrogen (secondary N) is 4. The SMILES string of the molecule is CC(C)(C)NC(=O)Nc1ccc(Cl)c(C(=O)NCCCN2CCNCC2)c1. The number of carbonyl (C=O) groups excluding carboxylic acids is 2. The van der Waals surface area contributed by atoms with E-state index in [0.29, 0.717) is 22.8 Å². The first kappa shape index (κ1) is 21.5. The van der Waals surface area contributed by atoms with Crippen molar-refractivity contribution in [3.63, 3.8) is 0 Å². The van der Waals surface area contributed by atoms with Gasteiger partial charge in [0.2, 0.25) is 0 Å². The Morgan fingerprint density at radius 1 is 1.22 bits per heavy atom. The molecule has 0 aliphatic carbocycles. The van der Waals surface area contributed by atoms with Gasteiger partial charge in [0, 0.05) is 44.0 Å². The molecular weight excluding hydrogens is 366 g/mol. The molecule has 1 saturated heterocycles. The molecule has 1 aliphatic rings. The van der Waals surface area contributed by atoms with Gasteiger partial charge in [-0.1, -0.05) is 11.6 Å². The second kappa shape index (κ2) is 9.92. The summed E-state index contributed by atoms with van der Waals surface area (Å²) in [5, 5.41) is 12.1. The highest BCUT2D eigenvalue weighted by Crippen LogP contribution is 2.20. The zero-order valence-electron chi connectivity index (χ0n) is 16.3. The first-order valence-corrected chi connectivity index (χ1v) is 9.72. The van der Waals surface area contributed by atoms with E-state index >= 15 is 0 Å². The van der Waals surface area contributed by atoms with Crippen LogP contribution >= 0.6 is 11.6 Å². The van der Waals surface area contributed by atoms with Crippen LogP contribution in [-0.2, 0) is 0 Å². The van der Waals surface area contributed by atoms with E-state index in [0.717, 1.165) is 39.1 Å². The molecule has 0 atom stereocenters. The summed E-state index contributed by atoms with van der Waals surface area (Å²) in [6, 6.07) is 4.55. The summed E-state index contributed by atoms with van der Waals surface area (Å²) in [6.45, 7) is 11.4. The van der Waals surface area contributed by atoms with Gasteiger partial charge in [0.1, 0.15) is 0 Å². The van der Waals surface area contributed by atoms with Crippen molar-refractivity contribution in [1.29, 1.82) is 0 Å². The fraction of sp³-hybridized carbons (Fsp3) is 0.579. The van der Waals surface area contributed by atoms with Gasteiger partial charge in [-0.25, -0.2) is 4.79 Å². The number of rotatable bonds is 6. The quantitative estimate of drug-likeness (QED) is 0.557. The Hall–Kier alpha value is -1.83. The maximum Gasteiger partial charge on any atom is 0.319 e. The molecule has 1 fully saturated rings. The fourth-order valence-corrected chi connectivity index (χ4v) is 3.02. The molecule has 150 valence electrons. The van der Waals surface area contributed by atoms with Crippen LogP contribution in [0.1, 0.15) is 37.6 Å². The smallest absolute Gasteiger partial charge is 0.319 e. The lowest BCUT2D eigenvalue weighted by Crippen LogP contribution is -2.44. The molecule has 1 aliphatic heterocycles. The number of hydrogen-bond acceptors (Lipinski definition) is 4. The van der Waals surface area contributed by atoms with Gasteiger partial charge in [-0.3, -0.25) is 4.79 Å². The van der Waals surface area contributed by atoms with Crippen molar-refractivity contribution >= 4 is 29.2 Å². The van der Waals surface area contributed by atoms with Crippen molar-refractivity contribution in [3.8, 4) is 0 Å². The van der Waals surface area contributed by atoms with Crippen LogP contribution in [0.3, 0.4) is 0 Å². The van der Waals surface area contributed by atoms with Gasteiger partial charge in [-0.15, -0.1) is 0 Å². The lowest BCUT2D eigenvalue weighted by atomic mass is 10.1. The van der Waals surface area contributed by atoms with Gasteiger partial charge in [0.05, 0.1) is 10.6 Å². The van der Waals surface area contributed by atoms with Crippen molar-refractivity contribution < 1.29 is 9.59 Å². The average molecular weight is 396 g/mol. The van der Waals surface area contributed by atoms with Crippen LogP contribution in [0.2, 0.25) is 5.02 Å². The van der Waals surface area contributed by atoms with Gasteiger partial charge in [0.25, 0.3) is 5.91 Å². The minimum atomic E-state index is -0.346. The highest BCUT2D eigenvalue weighted by Gasteiger charge is 2.16. The molecule has 0 aromatic heterocycles. The zero-order chi connectivity index (χ0) is 19.9. The molecule has 1 heterocycles. The van der Waals surface area contributed by atoms with Gasteiger partial charge in [-0.2, -0.15) is 0 Å². The number of anilines is 1. The molecule has 4 N–H and O–H groups in total. The van der Waals surface area contributed by atoms with Gasteiger partial charge in [0.15, 0.2) is 0 Å². The van der Waals surface area contributed by atoms with Crippen LogP contribution in [0, 0.1) is 0 Å². The molecule has 2 rings (SSSR count). The van der Waals surface area contributed by atoms with Crippen molar-refractivity contribution in [2.45, 2.75) is 32.7 Å². The van der Waals surface area contributed by atoms with E-state index in [1.165, 1.54) is 0 Å². The molecular formula is C19H30ClN5O2. The summed E-state index contributed by atoms with van der Waals surface area (Å²) in [5.74, 6) is -0.236. The number of halogens is 1. The number of urea groups is 1. The Labute approximate surface area is 166 Å². The highest BCUT2D eigenvalue weighted by molar-refractivity contribution is 6.34. The first-order chi connectivity index (χ1) is 12.7. The minimum Gasteiger partial charge on any atom is -0.352 e. The fourth-order valence-electron chi connectivity index (χ4n) is 2.81. The van der Waals surface area contributed by atoms with E-state index < -0.39 is 0 Å². The molecule has 0 radical (unpaired) electrons. The maximum absolute atomic E-state index is 12.4. The summed E-state index contributed by atoms with van der Waals surface area (Å²) in [6.07, 6.45) is 0.884. The molecule has 0 saturated carbocycles. The predicted octanol–water partition coefficient (Wildman–Crippen LogP) is 2.29. The van der Waals surface area contributed by atoms with Crippen LogP contribution in [0.5, 0.6) is 0 Å². The summed E-state index contributed by atoms with van der Waals surface area (Å²) in [4.78, 5) is 26.8. The Balaban J connectivity index is 1.84. The monoisotopic (exact) mass is 395 g/mol. The topological polar surface area (TPSA) is 85.5 Å². The maximum atomic E-state index is 12.4. The summed E-state index contributed by atoms with van der Waals surface area (Å²) in [7, 11) is 0. The van der Waals surface area contributed by atoms with E-state index in [9.17, 15) is 9.59 Å². The van der Waals surface area contributed by atoms with Gasteiger partial charge >= 0.3 is 6.03 Å². The van der Waals surface area contributed by atoms with Crippen molar-refractivity contribution in [2.75, 3.05) is 44.6 Å². The number of hydrogen-bond donors (Lipinski definition) is 4. The van der Waals surface area contributed by atoms with E-state index in [1.807, 2.05) is 20.8 Å². The minimum absolute atomic E-state index is 0.236. The Morgan fingerprint density at radius 2 is 1.93 bits per heavy atom. The number of piperazine rings is 1. The zero-order valence-corrected chi connectivity index (χ0v) is 17.1. The third-order valence-corrected chi connectivity index (χ3v) is 4.43. The lowest BCUT2D eigenvalue weighted by molar-refractivity contribution is 0.0951. The largest absolute Gasteiger partial charge is 0.352 e. The summed E-state index contributed by atoms with van der Waals surface area (Å²) in [5.41, 5.74) is 0.528. The highest BCUT2D eigenvalue weighted by atomic mass is 35.5. The second-order valence-electron chi connectivity index (χ2n) is 7.72. The molecule has 0 bridgehead atoms. The Bertz CT molecular complexity index is 654. The standard InChI is InChI=1S/C19H30ClN5O2/c1-19(2,3)24-18(27)23-14-5-6-16(20)15(13-14)17(26)22-7-4-10-25-11-8-21-9-12-25/h5-6,13,21H,4,7-12H2,1-3H3,(H,22,26)(H2,23,24,27). The molecule has 0 spiro atoms. The van der Waals surface area contributed by atoms with Crippen LogP contribution in [0.25, 0.3) is 0 Å². The molecule has 27 heavy (non-hydrogen) atoms. The molecule has 3 amide bonds. The lowest BCUT2D eigenvalue weighted by Gasteiger charge is -2.27. The number of benzene rings is 1. The van der Waals surface area contributed by atoms with Crippen LogP contribution in [-0.4, -0.2) is 61.6 Å². The number of carbonyl (C=O) groups is 2. The summed E-state index contributed by atoms with van der Waals surface area (Å²) < 4.78 is 0. The predicted molar refractivity (Wildman–Crippen MR) is 110 cm³/mol. The number of amides is 3. The normalized spacial score (nSPS) is 15.3. The van der Waals surface area contributed by atoms with Gasteiger partial charge < -0.3 is 26.2 Å². The Morgan fingerprint density at radius 3 is 2.59 bits per heavy atom. The van der Waals surface area contributed by atoms with E-state index in [-0.39, 0.29) is 17.5 Å². The van der Waals surface area contributed by atoms with E-state index in [2.05, 4.69) is 26.2 Å². The third-order valence-electron chi connectivity index (χ3n) is 4.10. The third kappa shape index (κ3) is 7.74. The first-order valence-electron chi connectivity index (χ1n) is 9.34. The van der Waals surface area contributed by atoms with Gasteiger partial charge in [-0.05, 0) is 51.9 Å².